The third kappa shape index (κ3) is 2.70. The van der Waals surface area contributed by atoms with E-state index in [0.717, 1.165) is 6.54 Å². The van der Waals surface area contributed by atoms with E-state index in [1.807, 2.05) is 0 Å². The molecule has 0 saturated heterocycles. The molecule has 18 heavy (non-hydrogen) atoms. The molecule has 0 N–H and O–H groups in total. The van der Waals surface area contributed by atoms with Gasteiger partial charge in [-0.1, -0.05) is 42.5 Å². The average molecular weight is 347 g/mol. The molecule has 2 aromatic carbocycles. The smallest absolute Gasteiger partial charge is 0.212 e. The summed E-state index contributed by atoms with van der Waals surface area (Å²) in [6.45, 7) is 0.919. The lowest BCUT2D eigenvalue weighted by Crippen LogP contribution is -3.00. The summed E-state index contributed by atoms with van der Waals surface area (Å²) >= 11 is 0. The van der Waals surface area contributed by atoms with E-state index in [9.17, 15) is 0 Å². The first-order valence-corrected chi connectivity index (χ1v) is 5.84. The minimum absolute atomic E-state index is 0. The van der Waals surface area contributed by atoms with Crippen LogP contribution in [0.5, 0.6) is 0 Å². The monoisotopic (exact) mass is 347 g/mol. The van der Waals surface area contributed by atoms with Crippen LogP contribution >= 0.6 is 0 Å². The standard InChI is InChI=1S/C16H14N.HI/c1-2-7-14(8-3-1)13-17-12-6-10-15-9-4-5-11-16(15)17;/h1-12H,13H2;1H/q+1;/p-1. The first-order valence-electron chi connectivity index (χ1n) is 5.84. The number of halogens is 1. The SMILES string of the molecule is [I-].c1ccc(C[n+]2cccc3ccccc32)cc1. The van der Waals surface area contributed by atoms with Gasteiger partial charge in [-0.25, -0.2) is 0 Å². The molecule has 3 rings (SSSR count). The van der Waals surface area contributed by atoms with Crippen LogP contribution in [0.15, 0.2) is 72.9 Å². The normalized spacial score (nSPS) is 10.0. The van der Waals surface area contributed by atoms with Crippen molar-refractivity contribution < 1.29 is 28.5 Å². The number of fused-ring (bicyclic) bond motifs is 1. The van der Waals surface area contributed by atoms with E-state index >= 15 is 0 Å². The van der Waals surface area contributed by atoms with E-state index in [1.54, 1.807) is 0 Å². The van der Waals surface area contributed by atoms with E-state index in [0.29, 0.717) is 0 Å². The van der Waals surface area contributed by atoms with Crippen LogP contribution in [0.25, 0.3) is 10.9 Å². The Bertz CT molecular complexity index is 629. The number of benzene rings is 2. The third-order valence-corrected chi connectivity index (χ3v) is 2.98. The fraction of sp³-hybridized carbons (Fsp3) is 0.0625. The van der Waals surface area contributed by atoms with Crippen molar-refractivity contribution in [2.45, 2.75) is 6.54 Å². The van der Waals surface area contributed by atoms with Crippen molar-refractivity contribution in [1.82, 2.24) is 0 Å². The second-order valence-electron chi connectivity index (χ2n) is 4.18. The Morgan fingerprint density at radius 2 is 1.39 bits per heavy atom. The molecule has 2 heteroatoms. The van der Waals surface area contributed by atoms with E-state index in [2.05, 4.69) is 77.5 Å². The summed E-state index contributed by atoms with van der Waals surface area (Å²) in [6.07, 6.45) is 2.13. The van der Waals surface area contributed by atoms with Gasteiger partial charge >= 0.3 is 0 Å². The molecule has 0 bridgehead atoms. The number of nitrogens with zero attached hydrogens (tertiary/aromatic N) is 1. The maximum atomic E-state index is 2.28. The summed E-state index contributed by atoms with van der Waals surface area (Å²) in [5, 5.41) is 1.28. The Balaban J connectivity index is 0.00000120. The van der Waals surface area contributed by atoms with Crippen LogP contribution in [0.3, 0.4) is 0 Å². The average Bonchev–Trinajstić information content (AvgIpc) is 2.40. The van der Waals surface area contributed by atoms with Gasteiger partial charge in [-0.05, 0) is 12.1 Å². The highest BCUT2D eigenvalue weighted by Crippen LogP contribution is 2.08. The van der Waals surface area contributed by atoms with E-state index in [1.165, 1.54) is 16.5 Å². The van der Waals surface area contributed by atoms with Gasteiger partial charge in [-0.2, -0.15) is 4.57 Å². The van der Waals surface area contributed by atoms with Crippen LogP contribution in [0, 0.1) is 0 Å². The lowest BCUT2D eigenvalue weighted by molar-refractivity contribution is -0.662. The van der Waals surface area contributed by atoms with Crippen LogP contribution in [-0.2, 0) is 6.54 Å². The molecule has 0 amide bonds. The van der Waals surface area contributed by atoms with Crippen LogP contribution < -0.4 is 28.5 Å². The zero-order valence-corrected chi connectivity index (χ0v) is 12.1. The minimum atomic E-state index is 0. The van der Waals surface area contributed by atoms with Gasteiger partial charge in [0, 0.05) is 23.1 Å². The molecule has 0 spiro atoms. The predicted molar refractivity (Wildman–Crippen MR) is 69.7 cm³/mol. The summed E-state index contributed by atoms with van der Waals surface area (Å²) in [5.41, 5.74) is 2.60. The van der Waals surface area contributed by atoms with E-state index in [4.69, 9.17) is 0 Å². The highest BCUT2D eigenvalue weighted by molar-refractivity contribution is 5.74. The summed E-state index contributed by atoms with van der Waals surface area (Å²) in [7, 11) is 0. The van der Waals surface area contributed by atoms with Crippen molar-refractivity contribution in [2.24, 2.45) is 0 Å². The van der Waals surface area contributed by atoms with Crippen molar-refractivity contribution in [3.63, 3.8) is 0 Å². The molecule has 90 valence electrons. The number of aromatic nitrogens is 1. The Kier molecular flexibility index (Phi) is 4.31. The second kappa shape index (κ2) is 5.96. The Hall–Kier alpha value is -1.42. The molecule has 0 unspecified atom stereocenters. The maximum absolute atomic E-state index is 2.28. The highest BCUT2D eigenvalue weighted by atomic mass is 127. The van der Waals surface area contributed by atoms with Crippen LogP contribution in [0.1, 0.15) is 5.56 Å². The Morgan fingerprint density at radius 1 is 0.722 bits per heavy atom. The lowest BCUT2D eigenvalue weighted by Gasteiger charge is -2.01. The fourth-order valence-electron chi connectivity index (χ4n) is 2.14. The van der Waals surface area contributed by atoms with Gasteiger partial charge in [0.2, 0.25) is 5.52 Å². The number of hydrogen-bond donors (Lipinski definition) is 0. The zero-order valence-electron chi connectivity index (χ0n) is 9.96. The van der Waals surface area contributed by atoms with Crippen molar-refractivity contribution in [3.8, 4) is 0 Å². The molecule has 0 aliphatic heterocycles. The van der Waals surface area contributed by atoms with E-state index < -0.39 is 0 Å². The summed E-state index contributed by atoms with van der Waals surface area (Å²) < 4.78 is 2.28. The second-order valence-corrected chi connectivity index (χ2v) is 4.18. The zero-order chi connectivity index (χ0) is 11.5. The van der Waals surface area contributed by atoms with E-state index in [-0.39, 0.29) is 24.0 Å². The largest absolute Gasteiger partial charge is 1.00 e. The molecule has 1 nitrogen and oxygen atoms in total. The number of rotatable bonds is 2. The summed E-state index contributed by atoms with van der Waals surface area (Å²) in [6, 6.07) is 23.3. The van der Waals surface area contributed by atoms with Gasteiger partial charge in [-0.15, -0.1) is 0 Å². The van der Waals surface area contributed by atoms with Gasteiger partial charge < -0.3 is 24.0 Å². The highest BCUT2D eigenvalue weighted by Gasteiger charge is 2.07. The number of para-hydroxylation sites is 1. The van der Waals surface area contributed by atoms with Crippen molar-refractivity contribution >= 4 is 10.9 Å². The van der Waals surface area contributed by atoms with Gasteiger partial charge in [-0.3, -0.25) is 0 Å². The van der Waals surface area contributed by atoms with Crippen LogP contribution in [0.2, 0.25) is 0 Å². The van der Waals surface area contributed by atoms with Crippen molar-refractivity contribution in [2.75, 3.05) is 0 Å². The maximum Gasteiger partial charge on any atom is 0.212 e. The lowest BCUT2D eigenvalue weighted by atomic mass is 10.2. The van der Waals surface area contributed by atoms with Crippen LogP contribution in [-0.4, -0.2) is 0 Å². The molecule has 0 fully saturated rings. The van der Waals surface area contributed by atoms with Crippen LogP contribution in [0.4, 0.5) is 0 Å². The first kappa shape index (κ1) is 13.0. The predicted octanol–water partition coefficient (Wildman–Crippen LogP) is 0.180. The topological polar surface area (TPSA) is 3.88 Å². The molecule has 0 aliphatic rings. The minimum Gasteiger partial charge on any atom is -1.00 e. The molecular formula is C16H14IN. The molecule has 1 aromatic heterocycles. The molecule has 3 aromatic rings. The number of pyridine rings is 1. The fourth-order valence-corrected chi connectivity index (χ4v) is 2.14. The number of hydrogen-bond acceptors (Lipinski definition) is 0. The summed E-state index contributed by atoms with van der Waals surface area (Å²) in [4.78, 5) is 0. The Labute approximate surface area is 124 Å². The molecule has 0 radical (unpaired) electrons. The van der Waals surface area contributed by atoms with Gasteiger partial charge in [0.1, 0.15) is 0 Å². The third-order valence-electron chi connectivity index (χ3n) is 2.98. The molecular weight excluding hydrogens is 333 g/mol. The van der Waals surface area contributed by atoms with Gasteiger partial charge in [0.05, 0.1) is 0 Å². The van der Waals surface area contributed by atoms with Crippen molar-refractivity contribution in [1.29, 1.82) is 0 Å². The molecule has 1 heterocycles. The molecule has 0 aliphatic carbocycles. The molecule has 0 saturated carbocycles. The quantitative estimate of drug-likeness (QED) is 0.460. The van der Waals surface area contributed by atoms with Gasteiger partial charge in [0.15, 0.2) is 12.7 Å². The van der Waals surface area contributed by atoms with Crippen molar-refractivity contribution in [3.05, 3.63) is 78.5 Å². The Morgan fingerprint density at radius 3 is 2.22 bits per heavy atom. The van der Waals surface area contributed by atoms with Gasteiger partial charge in [0.25, 0.3) is 0 Å². The first-order chi connectivity index (χ1) is 8.43. The molecule has 0 atom stereocenters. The summed E-state index contributed by atoms with van der Waals surface area (Å²) in [5.74, 6) is 0.